The van der Waals surface area contributed by atoms with Crippen molar-refractivity contribution in [1.82, 2.24) is 0 Å². The standard InChI is InChI=1S/C22H38O.2CH4/c1-12-13(2)15-9-14(12)18-16-10-17(19(15)18)22(7,21(16,5)6)11-20(3,4)23-8;;/h12-19H,9-11H2,1-8H3;2*1H4. The van der Waals surface area contributed by atoms with E-state index < -0.39 is 0 Å². The molecule has 148 valence electrons. The minimum Gasteiger partial charge on any atom is -0.379 e. The van der Waals surface area contributed by atoms with Crippen molar-refractivity contribution < 1.29 is 4.74 Å². The Balaban J connectivity index is 0.00000113. The Hall–Kier alpha value is -0.0400. The zero-order valence-corrected chi connectivity index (χ0v) is 16.6. The van der Waals surface area contributed by atoms with E-state index in [9.17, 15) is 0 Å². The smallest absolute Gasteiger partial charge is 0.0628 e. The van der Waals surface area contributed by atoms with Crippen molar-refractivity contribution in [2.24, 2.45) is 58.2 Å². The molecular formula is C24H46O. The van der Waals surface area contributed by atoms with Crippen molar-refractivity contribution in [3.8, 4) is 0 Å². The first-order chi connectivity index (χ1) is 10.5. The molecule has 4 aliphatic carbocycles. The molecule has 0 radical (unpaired) electrons. The third kappa shape index (κ3) is 2.36. The van der Waals surface area contributed by atoms with Crippen molar-refractivity contribution in [1.29, 1.82) is 0 Å². The molecule has 0 aromatic rings. The molecule has 4 saturated carbocycles. The van der Waals surface area contributed by atoms with Crippen LogP contribution >= 0.6 is 0 Å². The van der Waals surface area contributed by atoms with Crippen LogP contribution in [0.2, 0.25) is 0 Å². The maximum absolute atomic E-state index is 5.88. The maximum Gasteiger partial charge on any atom is 0.0628 e. The second-order valence-electron chi connectivity index (χ2n) is 11.2. The lowest BCUT2D eigenvalue weighted by Crippen LogP contribution is -2.53. The van der Waals surface area contributed by atoms with Gasteiger partial charge in [-0.05, 0) is 91.3 Å². The van der Waals surface area contributed by atoms with Crippen molar-refractivity contribution >= 4 is 0 Å². The van der Waals surface area contributed by atoms with Gasteiger partial charge in [0, 0.05) is 7.11 Å². The van der Waals surface area contributed by atoms with Gasteiger partial charge < -0.3 is 4.74 Å². The molecule has 4 aliphatic rings. The number of hydrogen-bond acceptors (Lipinski definition) is 1. The highest BCUT2D eigenvalue weighted by Crippen LogP contribution is 2.79. The molecule has 9 unspecified atom stereocenters. The van der Waals surface area contributed by atoms with E-state index in [0.717, 1.165) is 47.3 Å². The summed E-state index contributed by atoms with van der Waals surface area (Å²) in [7, 11) is 1.90. The van der Waals surface area contributed by atoms with Crippen LogP contribution in [0.5, 0.6) is 0 Å². The zero-order chi connectivity index (χ0) is 16.9. The SMILES string of the molecule is C.C.COC(C)(C)CC1(C)C2CC(C3C4CC(C(C)C4C)C32)C1(C)C. The molecule has 9 atom stereocenters. The fourth-order valence-corrected chi connectivity index (χ4v) is 8.51. The largest absolute Gasteiger partial charge is 0.379 e. The fourth-order valence-electron chi connectivity index (χ4n) is 8.51. The molecule has 1 nitrogen and oxygen atoms in total. The van der Waals surface area contributed by atoms with Gasteiger partial charge in [0.2, 0.25) is 0 Å². The van der Waals surface area contributed by atoms with E-state index in [1.54, 1.807) is 6.42 Å². The van der Waals surface area contributed by atoms with Gasteiger partial charge in [0.1, 0.15) is 0 Å². The van der Waals surface area contributed by atoms with E-state index in [1.165, 1.54) is 12.8 Å². The molecule has 25 heavy (non-hydrogen) atoms. The Morgan fingerprint density at radius 2 is 1.36 bits per heavy atom. The molecule has 0 heterocycles. The third-order valence-corrected chi connectivity index (χ3v) is 10.2. The first-order valence-corrected chi connectivity index (χ1v) is 10.1. The molecule has 4 rings (SSSR count). The average Bonchev–Trinajstić information content (AvgIpc) is 3.12. The summed E-state index contributed by atoms with van der Waals surface area (Å²) in [5.41, 5.74) is 0.899. The fraction of sp³-hybridized carbons (Fsp3) is 1.00. The minimum absolute atomic E-state index is 0. The normalized spacial score (nSPS) is 51.8. The van der Waals surface area contributed by atoms with Gasteiger partial charge >= 0.3 is 0 Å². The molecule has 0 aromatic carbocycles. The summed E-state index contributed by atoms with van der Waals surface area (Å²) in [5.74, 6) is 7.96. The van der Waals surface area contributed by atoms with E-state index in [-0.39, 0.29) is 20.5 Å². The van der Waals surface area contributed by atoms with Crippen LogP contribution in [0.25, 0.3) is 0 Å². The predicted molar refractivity (Wildman–Crippen MR) is 110 cm³/mol. The summed E-state index contributed by atoms with van der Waals surface area (Å²) in [6.45, 7) is 17.5. The summed E-state index contributed by atoms with van der Waals surface area (Å²) < 4.78 is 5.88. The predicted octanol–water partition coefficient (Wildman–Crippen LogP) is 6.91. The first-order valence-electron chi connectivity index (χ1n) is 10.1. The van der Waals surface area contributed by atoms with E-state index in [2.05, 4.69) is 48.5 Å². The van der Waals surface area contributed by atoms with Gasteiger partial charge in [0.25, 0.3) is 0 Å². The van der Waals surface area contributed by atoms with E-state index in [1.807, 2.05) is 7.11 Å². The van der Waals surface area contributed by atoms with Gasteiger partial charge in [-0.1, -0.05) is 49.5 Å². The van der Waals surface area contributed by atoms with Gasteiger partial charge in [-0.2, -0.15) is 0 Å². The van der Waals surface area contributed by atoms with Crippen molar-refractivity contribution in [3.63, 3.8) is 0 Å². The van der Waals surface area contributed by atoms with Crippen LogP contribution in [0.1, 0.15) is 82.6 Å². The van der Waals surface area contributed by atoms with Crippen LogP contribution in [0.3, 0.4) is 0 Å². The molecule has 0 amide bonds. The van der Waals surface area contributed by atoms with Crippen LogP contribution in [-0.4, -0.2) is 12.7 Å². The van der Waals surface area contributed by atoms with Gasteiger partial charge in [0.05, 0.1) is 5.60 Å². The average molecular weight is 351 g/mol. The lowest BCUT2D eigenvalue weighted by molar-refractivity contribution is -0.122. The van der Waals surface area contributed by atoms with Gasteiger partial charge in [-0.3, -0.25) is 0 Å². The van der Waals surface area contributed by atoms with Gasteiger partial charge in [-0.15, -0.1) is 0 Å². The number of hydrogen-bond donors (Lipinski definition) is 0. The molecule has 0 saturated heterocycles. The highest BCUT2D eigenvalue weighted by atomic mass is 16.5. The molecule has 4 fully saturated rings. The third-order valence-electron chi connectivity index (χ3n) is 10.2. The topological polar surface area (TPSA) is 9.23 Å². The van der Waals surface area contributed by atoms with Crippen LogP contribution in [0.15, 0.2) is 0 Å². The van der Waals surface area contributed by atoms with Crippen LogP contribution in [-0.2, 0) is 4.74 Å². The molecule has 0 aliphatic heterocycles. The number of rotatable bonds is 3. The summed E-state index contributed by atoms with van der Waals surface area (Å²) in [5, 5.41) is 0. The lowest BCUT2D eigenvalue weighted by atomic mass is 9.48. The second-order valence-corrected chi connectivity index (χ2v) is 11.2. The Labute approximate surface area is 158 Å². The van der Waals surface area contributed by atoms with Crippen LogP contribution in [0.4, 0.5) is 0 Å². The minimum atomic E-state index is 0. The number of fused-ring (bicyclic) bond motifs is 9. The highest BCUT2D eigenvalue weighted by molar-refractivity contribution is 5.22. The van der Waals surface area contributed by atoms with Crippen LogP contribution < -0.4 is 0 Å². The summed E-state index contributed by atoms with van der Waals surface area (Å²) >= 11 is 0. The number of methoxy groups -OCH3 is 1. The van der Waals surface area contributed by atoms with E-state index in [4.69, 9.17) is 4.74 Å². The van der Waals surface area contributed by atoms with Crippen LogP contribution in [0, 0.1) is 58.2 Å². The molecule has 0 spiro atoms. The molecule has 0 aromatic heterocycles. The second kappa shape index (κ2) is 5.98. The molecule has 1 heteroatoms. The zero-order valence-electron chi connectivity index (χ0n) is 16.6. The molecule has 4 bridgehead atoms. The Morgan fingerprint density at radius 1 is 0.880 bits per heavy atom. The maximum atomic E-state index is 5.88. The van der Waals surface area contributed by atoms with Crippen molar-refractivity contribution in [3.05, 3.63) is 0 Å². The monoisotopic (exact) mass is 350 g/mol. The Kier molecular flexibility index (Phi) is 5.09. The van der Waals surface area contributed by atoms with Crippen molar-refractivity contribution in [2.75, 3.05) is 7.11 Å². The summed E-state index contributed by atoms with van der Waals surface area (Å²) in [6.07, 6.45) is 4.27. The number of ether oxygens (including phenoxy) is 1. The highest BCUT2D eigenvalue weighted by Gasteiger charge is 2.74. The Bertz CT molecular complexity index is 506. The van der Waals surface area contributed by atoms with Crippen molar-refractivity contribution in [2.45, 2.75) is 88.2 Å². The van der Waals surface area contributed by atoms with E-state index >= 15 is 0 Å². The Morgan fingerprint density at radius 3 is 1.84 bits per heavy atom. The van der Waals surface area contributed by atoms with Gasteiger partial charge in [-0.25, -0.2) is 0 Å². The summed E-state index contributed by atoms with van der Waals surface area (Å²) in [4.78, 5) is 0. The summed E-state index contributed by atoms with van der Waals surface area (Å²) in [6, 6.07) is 0. The van der Waals surface area contributed by atoms with E-state index in [0.29, 0.717) is 10.8 Å². The molecule has 0 N–H and O–H groups in total. The molecular weight excluding hydrogens is 304 g/mol. The van der Waals surface area contributed by atoms with Gasteiger partial charge in [0.15, 0.2) is 0 Å². The quantitative estimate of drug-likeness (QED) is 0.502. The lowest BCUT2D eigenvalue weighted by Gasteiger charge is -2.57. The first kappa shape index (κ1) is 21.3.